The van der Waals surface area contributed by atoms with Crippen LogP contribution in [0.15, 0.2) is 59.7 Å². The van der Waals surface area contributed by atoms with E-state index in [0.29, 0.717) is 17.0 Å². The molecule has 11 heteroatoms. The van der Waals surface area contributed by atoms with Crippen LogP contribution in [0.4, 0.5) is 11.4 Å². The van der Waals surface area contributed by atoms with Crippen molar-refractivity contribution in [3.8, 4) is 5.75 Å². The standard InChI is InChI=1S/C25H21Cl3N4O4/c1-14-6-8-19(15(2)10-14)30-22(33)13-36-21-9-7-16(11-18(21)27)12-29-32-25(35)24(34)31-20-5-3-4-17(26)23(20)28/h3-12H,13H2,1-2H3,(H,30,33)(H,31,34)(H,32,35)/b29-12-. The number of hydrogen-bond donors (Lipinski definition) is 3. The molecule has 0 bridgehead atoms. The second-order valence-electron chi connectivity index (χ2n) is 7.60. The fourth-order valence-electron chi connectivity index (χ4n) is 2.99. The molecule has 0 aromatic heterocycles. The number of rotatable bonds is 7. The molecule has 0 radical (unpaired) electrons. The first kappa shape index (κ1) is 27.0. The molecule has 0 heterocycles. The Hall–Kier alpha value is -3.59. The monoisotopic (exact) mass is 546 g/mol. The molecule has 0 saturated heterocycles. The quantitative estimate of drug-likeness (QED) is 0.210. The molecule has 0 aliphatic rings. The van der Waals surface area contributed by atoms with Gasteiger partial charge >= 0.3 is 11.8 Å². The molecule has 3 aromatic rings. The van der Waals surface area contributed by atoms with Crippen LogP contribution in [0.5, 0.6) is 5.75 Å². The zero-order valence-corrected chi connectivity index (χ0v) is 21.5. The fourth-order valence-corrected chi connectivity index (χ4v) is 3.58. The van der Waals surface area contributed by atoms with E-state index in [4.69, 9.17) is 39.5 Å². The summed E-state index contributed by atoms with van der Waals surface area (Å²) in [6.45, 7) is 3.65. The van der Waals surface area contributed by atoms with E-state index in [0.717, 1.165) is 11.1 Å². The molecule has 36 heavy (non-hydrogen) atoms. The van der Waals surface area contributed by atoms with Gasteiger partial charge in [-0.1, -0.05) is 58.6 Å². The summed E-state index contributed by atoms with van der Waals surface area (Å²) in [5, 5.41) is 9.47. The summed E-state index contributed by atoms with van der Waals surface area (Å²) in [6.07, 6.45) is 1.29. The highest BCUT2D eigenvalue weighted by Gasteiger charge is 2.15. The molecule has 3 rings (SSSR count). The van der Waals surface area contributed by atoms with E-state index in [2.05, 4.69) is 21.2 Å². The lowest BCUT2D eigenvalue weighted by Gasteiger charge is -2.11. The van der Waals surface area contributed by atoms with Crippen LogP contribution in [0.1, 0.15) is 16.7 Å². The largest absolute Gasteiger partial charge is 0.482 e. The number of hydrogen-bond acceptors (Lipinski definition) is 5. The van der Waals surface area contributed by atoms with Crippen LogP contribution in [0.25, 0.3) is 0 Å². The molecule has 186 valence electrons. The van der Waals surface area contributed by atoms with Crippen LogP contribution in [-0.2, 0) is 14.4 Å². The van der Waals surface area contributed by atoms with Crippen molar-refractivity contribution in [1.82, 2.24) is 5.43 Å². The van der Waals surface area contributed by atoms with Gasteiger partial charge in [-0.2, -0.15) is 5.10 Å². The molecule has 0 atom stereocenters. The molecular weight excluding hydrogens is 527 g/mol. The first-order chi connectivity index (χ1) is 17.1. The number of halogens is 3. The summed E-state index contributed by atoms with van der Waals surface area (Å²) in [6, 6.07) is 15.0. The maximum Gasteiger partial charge on any atom is 0.329 e. The van der Waals surface area contributed by atoms with Gasteiger partial charge in [0.1, 0.15) is 5.75 Å². The number of anilines is 2. The third kappa shape index (κ3) is 7.45. The Bertz CT molecular complexity index is 1340. The van der Waals surface area contributed by atoms with Gasteiger partial charge in [-0.3, -0.25) is 14.4 Å². The minimum atomic E-state index is -1.01. The second-order valence-corrected chi connectivity index (χ2v) is 8.79. The van der Waals surface area contributed by atoms with Crippen molar-refractivity contribution in [2.75, 3.05) is 17.2 Å². The Morgan fingerprint density at radius 2 is 1.67 bits per heavy atom. The molecule has 0 aliphatic carbocycles. The van der Waals surface area contributed by atoms with E-state index < -0.39 is 11.8 Å². The third-order valence-corrected chi connectivity index (χ3v) is 5.87. The number of hydrazone groups is 1. The van der Waals surface area contributed by atoms with Gasteiger partial charge in [0.05, 0.1) is 27.0 Å². The van der Waals surface area contributed by atoms with Crippen molar-refractivity contribution < 1.29 is 19.1 Å². The van der Waals surface area contributed by atoms with E-state index in [1.165, 1.54) is 18.3 Å². The third-order valence-electron chi connectivity index (χ3n) is 4.76. The summed E-state index contributed by atoms with van der Waals surface area (Å²) in [4.78, 5) is 36.2. The summed E-state index contributed by atoms with van der Waals surface area (Å²) in [5.74, 6) is -2.02. The summed E-state index contributed by atoms with van der Waals surface area (Å²) >= 11 is 18.1. The molecule has 8 nitrogen and oxygen atoms in total. The highest BCUT2D eigenvalue weighted by molar-refractivity contribution is 6.45. The number of carbonyl (C=O) groups is 3. The molecule has 3 amide bonds. The molecule has 0 unspecified atom stereocenters. The predicted octanol–water partition coefficient (Wildman–Crippen LogP) is 5.37. The van der Waals surface area contributed by atoms with Gasteiger partial charge in [-0.05, 0) is 61.4 Å². The van der Waals surface area contributed by atoms with Gasteiger partial charge in [-0.15, -0.1) is 0 Å². The average Bonchev–Trinajstić information content (AvgIpc) is 2.83. The van der Waals surface area contributed by atoms with E-state index in [-0.39, 0.29) is 33.3 Å². The Morgan fingerprint density at radius 1 is 0.889 bits per heavy atom. The van der Waals surface area contributed by atoms with Crippen molar-refractivity contribution in [3.63, 3.8) is 0 Å². The zero-order valence-electron chi connectivity index (χ0n) is 19.2. The van der Waals surface area contributed by atoms with Crippen molar-refractivity contribution in [1.29, 1.82) is 0 Å². The van der Waals surface area contributed by atoms with Crippen LogP contribution < -0.4 is 20.8 Å². The second kappa shape index (κ2) is 12.4. The zero-order chi connectivity index (χ0) is 26.2. The van der Waals surface area contributed by atoms with E-state index in [9.17, 15) is 14.4 Å². The van der Waals surface area contributed by atoms with E-state index in [1.54, 1.807) is 24.3 Å². The van der Waals surface area contributed by atoms with Crippen molar-refractivity contribution in [3.05, 3.63) is 86.4 Å². The minimum Gasteiger partial charge on any atom is -0.482 e. The normalized spacial score (nSPS) is 10.7. The van der Waals surface area contributed by atoms with Crippen LogP contribution in [0.2, 0.25) is 15.1 Å². The van der Waals surface area contributed by atoms with Crippen molar-refractivity contribution >= 4 is 70.1 Å². The molecule has 3 aromatic carbocycles. The smallest absolute Gasteiger partial charge is 0.329 e. The molecule has 0 aliphatic heterocycles. The van der Waals surface area contributed by atoms with Crippen molar-refractivity contribution in [2.24, 2.45) is 5.10 Å². The maximum atomic E-state index is 12.2. The minimum absolute atomic E-state index is 0.114. The highest BCUT2D eigenvalue weighted by atomic mass is 35.5. The molecule has 0 spiro atoms. The first-order valence-corrected chi connectivity index (χ1v) is 11.7. The van der Waals surface area contributed by atoms with Gasteiger partial charge in [0.25, 0.3) is 5.91 Å². The molecule has 0 fully saturated rings. The van der Waals surface area contributed by atoms with Crippen LogP contribution in [0.3, 0.4) is 0 Å². The molecular formula is C25H21Cl3N4O4. The van der Waals surface area contributed by atoms with Gasteiger partial charge < -0.3 is 15.4 Å². The summed E-state index contributed by atoms with van der Waals surface area (Å²) in [7, 11) is 0. The summed E-state index contributed by atoms with van der Waals surface area (Å²) in [5.41, 5.74) is 5.57. The van der Waals surface area contributed by atoms with E-state index in [1.807, 2.05) is 32.0 Å². The molecule has 3 N–H and O–H groups in total. The van der Waals surface area contributed by atoms with E-state index >= 15 is 0 Å². The number of carbonyl (C=O) groups excluding carboxylic acids is 3. The number of aryl methyl sites for hydroxylation is 2. The predicted molar refractivity (Wildman–Crippen MR) is 142 cm³/mol. The lowest BCUT2D eigenvalue weighted by atomic mass is 10.1. The molecule has 0 saturated carbocycles. The van der Waals surface area contributed by atoms with Gasteiger partial charge in [0, 0.05) is 5.69 Å². The van der Waals surface area contributed by atoms with Crippen molar-refractivity contribution in [2.45, 2.75) is 13.8 Å². The van der Waals surface area contributed by atoms with Gasteiger partial charge in [0.2, 0.25) is 0 Å². The van der Waals surface area contributed by atoms with Gasteiger partial charge in [-0.25, -0.2) is 5.43 Å². The highest BCUT2D eigenvalue weighted by Crippen LogP contribution is 2.29. The summed E-state index contributed by atoms with van der Waals surface area (Å²) < 4.78 is 5.51. The Kier molecular flexibility index (Phi) is 9.30. The Labute approximate surface area is 222 Å². The Morgan fingerprint density at radius 3 is 2.39 bits per heavy atom. The number of amides is 3. The van der Waals surface area contributed by atoms with Crippen LogP contribution in [-0.4, -0.2) is 30.5 Å². The lowest BCUT2D eigenvalue weighted by Crippen LogP contribution is -2.32. The average molecular weight is 548 g/mol. The fraction of sp³-hybridized carbons (Fsp3) is 0.120. The lowest BCUT2D eigenvalue weighted by molar-refractivity contribution is -0.136. The topological polar surface area (TPSA) is 109 Å². The van der Waals surface area contributed by atoms with Crippen LogP contribution >= 0.6 is 34.8 Å². The Balaban J connectivity index is 1.50. The SMILES string of the molecule is Cc1ccc(NC(=O)COc2ccc(/C=N\NC(=O)C(=O)Nc3cccc(Cl)c3Cl)cc2Cl)c(C)c1. The van der Waals surface area contributed by atoms with Gasteiger partial charge in [0.15, 0.2) is 6.61 Å². The number of benzene rings is 3. The number of nitrogens with zero attached hydrogens (tertiary/aromatic N) is 1. The maximum absolute atomic E-state index is 12.2. The first-order valence-electron chi connectivity index (χ1n) is 10.5. The van der Waals surface area contributed by atoms with Crippen LogP contribution in [0, 0.1) is 13.8 Å². The number of nitrogens with one attached hydrogen (secondary N) is 3. The number of ether oxygens (including phenoxy) is 1.